The largest absolute Gasteiger partial charge is 0.337 e. The van der Waals surface area contributed by atoms with Crippen molar-refractivity contribution in [3.8, 4) is 12.3 Å². The van der Waals surface area contributed by atoms with Gasteiger partial charge >= 0.3 is 6.03 Å². The van der Waals surface area contributed by atoms with E-state index in [0.717, 1.165) is 25.9 Å². The third-order valence-corrected chi connectivity index (χ3v) is 1.66. The van der Waals surface area contributed by atoms with E-state index in [-0.39, 0.29) is 6.03 Å². The van der Waals surface area contributed by atoms with Gasteiger partial charge in [-0.3, -0.25) is 0 Å². The van der Waals surface area contributed by atoms with Crippen LogP contribution in [0, 0.1) is 12.3 Å². The molecule has 0 aliphatic carbocycles. The molecule has 0 aliphatic rings. The lowest BCUT2D eigenvalue weighted by Gasteiger charge is -2.11. The van der Waals surface area contributed by atoms with Crippen LogP contribution in [0.3, 0.4) is 0 Å². The summed E-state index contributed by atoms with van der Waals surface area (Å²) in [7, 11) is 3.44. The maximum Gasteiger partial charge on any atom is 0.316 e. The maximum atomic E-state index is 11.0. The molecule has 0 aromatic heterocycles. The third kappa shape index (κ3) is 7.44. The fraction of sp³-hybridized carbons (Fsp3) is 0.700. The van der Waals surface area contributed by atoms with Gasteiger partial charge in [0.05, 0.1) is 0 Å². The van der Waals surface area contributed by atoms with Gasteiger partial charge in [0.1, 0.15) is 0 Å². The van der Waals surface area contributed by atoms with Crippen LogP contribution in [0.1, 0.15) is 12.8 Å². The minimum atomic E-state index is -0.0598. The van der Waals surface area contributed by atoms with Gasteiger partial charge in [-0.2, -0.15) is 0 Å². The molecule has 14 heavy (non-hydrogen) atoms. The van der Waals surface area contributed by atoms with Crippen molar-refractivity contribution in [3.63, 3.8) is 0 Å². The molecule has 0 aromatic carbocycles. The third-order valence-electron chi connectivity index (χ3n) is 1.66. The molecule has 0 rings (SSSR count). The van der Waals surface area contributed by atoms with Crippen LogP contribution in [0.5, 0.6) is 0 Å². The molecule has 0 aromatic rings. The summed E-state index contributed by atoms with van der Waals surface area (Å²) < 4.78 is 0. The van der Waals surface area contributed by atoms with Crippen molar-refractivity contribution in [1.82, 2.24) is 15.5 Å². The van der Waals surface area contributed by atoms with Crippen molar-refractivity contribution in [2.24, 2.45) is 0 Å². The standard InChI is InChI=1S/C10H19N3O/c1-4-5-6-7-11-8-9-12-10(14)13(2)3/h1,11H,5-9H2,2-3H3,(H,12,14). The van der Waals surface area contributed by atoms with E-state index in [4.69, 9.17) is 6.42 Å². The zero-order valence-corrected chi connectivity index (χ0v) is 8.97. The topological polar surface area (TPSA) is 44.4 Å². The van der Waals surface area contributed by atoms with Crippen LogP contribution in [0.15, 0.2) is 0 Å². The highest BCUT2D eigenvalue weighted by atomic mass is 16.2. The Kier molecular flexibility index (Phi) is 7.67. The van der Waals surface area contributed by atoms with Crippen molar-refractivity contribution in [1.29, 1.82) is 0 Å². The zero-order chi connectivity index (χ0) is 10.8. The summed E-state index contributed by atoms with van der Waals surface area (Å²) in [4.78, 5) is 12.6. The molecule has 2 amide bonds. The van der Waals surface area contributed by atoms with Gasteiger partial charge in [-0.25, -0.2) is 4.79 Å². The van der Waals surface area contributed by atoms with Gasteiger partial charge in [-0.05, 0) is 13.0 Å². The van der Waals surface area contributed by atoms with E-state index in [9.17, 15) is 4.79 Å². The maximum absolute atomic E-state index is 11.0. The molecule has 4 nitrogen and oxygen atoms in total. The van der Waals surface area contributed by atoms with Gasteiger partial charge in [0.15, 0.2) is 0 Å². The highest BCUT2D eigenvalue weighted by molar-refractivity contribution is 5.73. The number of rotatable bonds is 6. The quantitative estimate of drug-likeness (QED) is 0.474. The van der Waals surface area contributed by atoms with Crippen molar-refractivity contribution >= 4 is 6.03 Å². The summed E-state index contributed by atoms with van der Waals surface area (Å²) in [6, 6.07) is -0.0598. The first-order valence-electron chi connectivity index (χ1n) is 4.78. The summed E-state index contributed by atoms with van der Waals surface area (Å²) in [6.45, 7) is 2.33. The highest BCUT2D eigenvalue weighted by Gasteiger charge is 1.99. The second kappa shape index (κ2) is 8.39. The zero-order valence-electron chi connectivity index (χ0n) is 8.97. The van der Waals surface area contributed by atoms with Crippen LogP contribution in [0.2, 0.25) is 0 Å². The van der Waals surface area contributed by atoms with Gasteiger partial charge in [-0.15, -0.1) is 12.3 Å². The van der Waals surface area contributed by atoms with Crippen LogP contribution in [0.25, 0.3) is 0 Å². The van der Waals surface area contributed by atoms with Gasteiger partial charge in [0.2, 0.25) is 0 Å². The molecule has 0 radical (unpaired) electrons. The van der Waals surface area contributed by atoms with E-state index in [1.807, 2.05) is 0 Å². The first-order valence-corrected chi connectivity index (χ1v) is 4.78. The molecule has 2 N–H and O–H groups in total. The molecule has 0 atom stereocenters. The first kappa shape index (κ1) is 12.8. The van der Waals surface area contributed by atoms with E-state index in [0.29, 0.717) is 6.54 Å². The Morgan fingerprint density at radius 3 is 2.64 bits per heavy atom. The molecular formula is C10H19N3O. The van der Waals surface area contributed by atoms with E-state index >= 15 is 0 Å². The van der Waals surface area contributed by atoms with Crippen LogP contribution in [-0.4, -0.2) is 44.7 Å². The molecular weight excluding hydrogens is 178 g/mol. The van der Waals surface area contributed by atoms with E-state index < -0.39 is 0 Å². The monoisotopic (exact) mass is 197 g/mol. The second-order valence-electron chi connectivity index (χ2n) is 3.18. The number of nitrogens with one attached hydrogen (secondary N) is 2. The molecule has 0 aliphatic heterocycles. The Labute approximate surface area is 86.0 Å². The smallest absolute Gasteiger partial charge is 0.316 e. The Balaban J connectivity index is 3.14. The number of terminal acetylenes is 1. The number of nitrogens with zero attached hydrogens (tertiary/aromatic N) is 1. The second-order valence-corrected chi connectivity index (χ2v) is 3.18. The molecule has 0 saturated carbocycles. The minimum Gasteiger partial charge on any atom is -0.337 e. The van der Waals surface area contributed by atoms with Crippen LogP contribution in [0.4, 0.5) is 4.79 Å². The van der Waals surface area contributed by atoms with Crippen LogP contribution >= 0.6 is 0 Å². The number of urea groups is 1. The number of hydrogen-bond donors (Lipinski definition) is 2. The average molecular weight is 197 g/mol. The molecule has 0 bridgehead atoms. The summed E-state index contributed by atoms with van der Waals surface area (Å²) in [5.74, 6) is 2.58. The van der Waals surface area contributed by atoms with E-state index in [1.165, 1.54) is 4.90 Å². The van der Waals surface area contributed by atoms with Gasteiger partial charge in [0, 0.05) is 33.6 Å². The van der Waals surface area contributed by atoms with Gasteiger partial charge in [-0.1, -0.05) is 0 Å². The van der Waals surface area contributed by atoms with Crippen LogP contribution < -0.4 is 10.6 Å². The van der Waals surface area contributed by atoms with Gasteiger partial charge in [0.25, 0.3) is 0 Å². The molecule has 4 heteroatoms. The Bertz CT molecular complexity index is 196. The van der Waals surface area contributed by atoms with Crippen molar-refractivity contribution in [3.05, 3.63) is 0 Å². The lowest BCUT2D eigenvalue weighted by Crippen LogP contribution is -2.38. The fourth-order valence-corrected chi connectivity index (χ4v) is 0.856. The van der Waals surface area contributed by atoms with Crippen molar-refractivity contribution < 1.29 is 4.79 Å². The minimum absolute atomic E-state index is 0.0598. The lowest BCUT2D eigenvalue weighted by atomic mass is 10.3. The fourth-order valence-electron chi connectivity index (χ4n) is 0.856. The van der Waals surface area contributed by atoms with E-state index in [1.54, 1.807) is 14.1 Å². The SMILES string of the molecule is C#CCCCNCCNC(=O)N(C)C. The summed E-state index contributed by atoms with van der Waals surface area (Å²) in [6.07, 6.45) is 6.89. The van der Waals surface area contributed by atoms with Gasteiger partial charge < -0.3 is 15.5 Å². The Hall–Kier alpha value is -1.21. The molecule has 0 heterocycles. The number of unbranched alkanes of at least 4 members (excludes halogenated alkanes) is 1. The normalized spacial score (nSPS) is 9.21. The Morgan fingerprint density at radius 2 is 2.07 bits per heavy atom. The summed E-state index contributed by atoms with van der Waals surface area (Å²) in [5.41, 5.74) is 0. The van der Waals surface area contributed by atoms with Crippen molar-refractivity contribution in [2.45, 2.75) is 12.8 Å². The number of carbonyl (C=O) groups excluding carboxylic acids is 1. The first-order chi connectivity index (χ1) is 6.68. The summed E-state index contributed by atoms with van der Waals surface area (Å²) >= 11 is 0. The molecule has 80 valence electrons. The molecule has 0 saturated heterocycles. The van der Waals surface area contributed by atoms with Crippen molar-refractivity contribution in [2.75, 3.05) is 33.7 Å². The lowest BCUT2D eigenvalue weighted by molar-refractivity contribution is 0.217. The molecule has 0 unspecified atom stereocenters. The van der Waals surface area contributed by atoms with E-state index in [2.05, 4.69) is 16.6 Å². The average Bonchev–Trinajstić information content (AvgIpc) is 2.16. The number of amides is 2. The van der Waals surface area contributed by atoms with Crippen LogP contribution in [-0.2, 0) is 0 Å². The Morgan fingerprint density at radius 1 is 1.36 bits per heavy atom. The summed E-state index contributed by atoms with van der Waals surface area (Å²) in [5, 5.41) is 5.94. The molecule has 0 fully saturated rings. The number of hydrogen-bond acceptors (Lipinski definition) is 2. The predicted octanol–water partition coefficient (Wildman–Crippen LogP) is 0.261. The molecule has 0 spiro atoms. The number of carbonyl (C=O) groups is 1. The predicted molar refractivity (Wildman–Crippen MR) is 58.0 cm³/mol. The highest BCUT2D eigenvalue weighted by Crippen LogP contribution is 1.81.